The molecule has 1 aliphatic heterocycles. The van der Waals surface area contributed by atoms with E-state index in [1.54, 1.807) is 22.7 Å². The van der Waals surface area contributed by atoms with Crippen molar-refractivity contribution in [3.63, 3.8) is 0 Å². The molecule has 0 atom stereocenters. The van der Waals surface area contributed by atoms with Gasteiger partial charge in [-0.2, -0.15) is 0 Å². The molecular formula is C25H19ClN4OS2. The van der Waals surface area contributed by atoms with E-state index in [2.05, 4.69) is 4.90 Å². The predicted octanol–water partition coefficient (Wildman–Crippen LogP) is 6.19. The van der Waals surface area contributed by atoms with E-state index in [0.717, 1.165) is 49.9 Å². The van der Waals surface area contributed by atoms with Crippen LogP contribution in [-0.4, -0.2) is 47.0 Å². The number of piperazine rings is 1. The number of para-hydroxylation sites is 2. The Morgan fingerprint density at radius 1 is 0.939 bits per heavy atom. The summed E-state index contributed by atoms with van der Waals surface area (Å²) in [5.41, 5.74) is 3.25. The zero-order chi connectivity index (χ0) is 22.4. The third-order valence-corrected chi connectivity index (χ3v) is 8.19. The largest absolute Gasteiger partial charge is 0.345 e. The first-order valence-corrected chi connectivity index (χ1v) is 12.8. The standard InChI is InChI=1S/C25H19ClN4OS2/c26-18-6-3-8-22-23(18)28-25(33-22)30-12-10-29(11-13-30)24(31)17-15-20(21-9-4-14-32-21)27-19-7-2-1-5-16(17)19/h1-9,14-15H,10-13H2. The van der Waals surface area contributed by atoms with Crippen molar-refractivity contribution in [3.8, 4) is 10.6 Å². The molecule has 1 saturated heterocycles. The quantitative estimate of drug-likeness (QED) is 0.302. The van der Waals surface area contributed by atoms with Gasteiger partial charge in [-0.15, -0.1) is 11.3 Å². The molecule has 5 aromatic rings. The highest BCUT2D eigenvalue weighted by Gasteiger charge is 2.26. The maximum atomic E-state index is 13.6. The highest BCUT2D eigenvalue weighted by atomic mass is 35.5. The topological polar surface area (TPSA) is 49.3 Å². The van der Waals surface area contributed by atoms with Crippen LogP contribution in [0.1, 0.15) is 10.4 Å². The summed E-state index contributed by atoms with van der Waals surface area (Å²) in [6, 6.07) is 19.7. The first-order valence-electron chi connectivity index (χ1n) is 10.7. The second kappa shape index (κ2) is 8.41. The van der Waals surface area contributed by atoms with Gasteiger partial charge in [0.15, 0.2) is 5.13 Å². The van der Waals surface area contributed by atoms with Crippen LogP contribution in [0.15, 0.2) is 66.0 Å². The number of benzene rings is 2. The van der Waals surface area contributed by atoms with Crippen LogP contribution >= 0.6 is 34.3 Å². The molecule has 8 heteroatoms. The Balaban J connectivity index is 1.27. The summed E-state index contributed by atoms with van der Waals surface area (Å²) in [5, 5.41) is 4.56. The van der Waals surface area contributed by atoms with Gasteiger partial charge in [-0.3, -0.25) is 4.79 Å². The Morgan fingerprint density at radius 3 is 2.58 bits per heavy atom. The minimum absolute atomic E-state index is 0.0541. The monoisotopic (exact) mass is 490 g/mol. The van der Waals surface area contributed by atoms with Crippen LogP contribution in [0.5, 0.6) is 0 Å². The van der Waals surface area contributed by atoms with E-state index in [9.17, 15) is 4.79 Å². The third-order valence-electron chi connectivity index (χ3n) is 5.92. The Kier molecular flexibility index (Phi) is 5.25. The molecule has 0 spiro atoms. The van der Waals surface area contributed by atoms with Crippen molar-refractivity contribution in [1.82, 2.24) is 14.9 Å². The summed E-state index contributed by atoms with van der Waals surface area (Å²) in [7, 11) is 0. The Morgan fingerprint density at radius 2 is 1.79 bits per heavy atom. The molecule has 0 saturated carbocycles. The molecule has 0 N–H and O–H groups in total. The smallest absolute Gasteiger partial charge is 0.254 e. The van der Waals surface area contributed by atoms with Crippen LogP contribution < -0.4 is 4.90 Å². The van der Waals surface area contributed by atoms with Gasteiger partial charge in [0.2, 0.25) is 0 Å². The maximum absolute atomic E-state index is 13.6. The number of carbonyl (C=O) groups excluding carboxylic acids is 1. The van der Waals surface area contributed by atoms with Crippen molar-refractivity contribution in [1.29, 1.82) is 0 Å². The molecular weight excluding hydrogens is 472 g/mol. The zero-order valence-corrected chi connectivity index (χ0v) is 20.0. The number of fused-ring (bicyclic) bond motifs is 2. The van der Waals surface area contributed by atoms with Crippen LogP contribution in [-0.2, 0) is 0 Å². The van der Waals surface area contributed by atoms with Crippen molar-refractivity contribution >= 4 is 66.4 Å². The molecule has 1 amide bonds. The fourth-order valence-corrected chi connectivity index (χ4v) is 6.22. The van der Waals surface area contributed by atoms with Crippen LogP contribution in [0.25, 0.3) is 31.7 Å². The van der Waals surface area contributed by atoms with Crippen molar-refractivity contribution in [3.05, 3.63) is 76.6 Å². The zero-order valence-electron chi connectivity index (χ0n) is 17.6. The van der Waals surface area contributed by atoms with Crippen LogP contribution in [0, 0.1) is 0 Å². The number of carbonyl (C=O) groups is 1. The second-order valence-corrected chi connectivity index (χ2v) is 10.3. The molecule has 33 heavy (non-hydrogen) atoms. The second-order valence-electron chi connectivity index (χ2n) is 7.91. The number of thiazole rings is 1. The number of amides is 1. The minimum atomic E-state index is 0.0541. The molecule has 0 unspecified atom stereocenters. The third kappa shape index (κ3) is 3.76. The summed E-state index contributed by atoms with van der Waals surface area (Å²) >= 11 is 9.59. The Bertz CT molecular complexity index is 1470. The molecule has 0 aliphatic carbocycles. The number of pyridine rings is 1. The number of halogens is 1. The molecule has 164 valence electrons. The molecule has 0 radical (unpaired) electrons. The van der Waals surface area contributed by atoms with E-state index in [-0.39, 0.29) is 5.91 Å². The number of thiophene rings is 1. The highest BCUT2D eigenvalue weighted by molar-refractivity contribution is 7.22. The van der Waals surface area contributed by atoms with Crippen LogP contribution in [0.2, 0.25) is 5.02 Å². The van der Waals surface area contributed by atoms with E-state index in [1.165, 1.54) is 0 Å². The highest BCUT2D eigenvalue weighted by Crippen LogP contribution is 2.33. The van der Waals surface area contributed by atoms with Gasteiger partial charge in [0.05, 0.1) is 31.4 Å². The Hall–Kier alpha value is -3.00. The van der Waals surface area contributed by atoms with E-state index in [0.29, 0.717) is 23.7 Å². The first-order chi connectivity index (χ1) is 16.2. The molecule has 1 fully saturated rings. The molecule has 1 aliphatic rings. The lowest BCUT2D eigenvalue weighted by Crippen LogP contribution is -2.48. The van der Waals surface area contributed by atoms with Crippen molar-refractivity contribution in [2.45, 2.75) is 0 Å². The molecule has 5 nitrogen and oxygen atoms in total. The van der Waals surface area contributed by atoms with Crippen molar-refractivity contribution in [2.75, 3.05) is 31.1 Å². The molecule has 2 aromatic carbocycles. The predicted molar refractivity (Wildman–Crippen MR) is 138 cm³/mol. The first kappa shape index (κ1) is 20.6. The van der Waals surface area contributed by atoms with Gasteiger partial charge in [-0.1, -0.05) is 53.3 Å². The number of anilines is 1. The van der Waals surface area contributed by atoms with Crippen LogP contribution in [0.4, 0.5) is 5.13 Å². The van der Waals surface area contributed by atoms with E-state index in [4.69, 9.17) is 21.6 Å². The van der Waals surface area contributed by atoms with Crippen LogP contribution in [0.3, 0.4) is 0 Å². The molecule has 6 rings (SSSR count). The fraction of sp³-hybridized carbons (Fsp3) is 0.160. The van der Waals surface area contributed by atoms with Gasteiger partial charge in [-0.05, 0) is 35.7 Å². The van der Waals surface area contributed by atoms with Gasteiger partial charge in [0, 0.05) is 31.6 Å². The fourth-order valence-electron chi connectivity index (χ4n) is 4.21. The van der Waals surface area contributed by atoms with Crippen molar-refractivity contribution in [2.24, 2.45) is 0 Å². The summed E-state index contributed by atoms with van der Waals surface area (Å²) in [6.07, 6.45) is 0. The lowest BCUT2D eigenvalue weighted by Gasteiger charge is -2.34. The molecule has 0 bridgehead atoms. The normalized spacial score (nSPS) is 14.3. The number of rotatable bonds is 3. The minimum Gasteiger partial charge on any atom is -0.345 e. The van der Waals surface area contributed by atoms with E-state index in [1.807, 2.05) is 70.9 Å². The number of nitrogens with zero attached hydrogens (tertiary/aromatic N) is 4. The molecule has 3 aromatic heterocycles. The Labute approximate surface area is 203 Å². The number of aromatic nitrogens is 2. The van der Waals surface area contributed by atoms with E-state index < -0.39 is 0 Å². The van der Waals surface area contributed by atoms with Gasteiger partial charge in [-0.25, -0.2) is 9.97 Å². The van der Waals surface area contributed by atoms with Crippen molar-refractivity contribution < 1.29 is 4.79 Å². The van der Waals surface area contributed by atoms with Gasteiger partial charge >= 0.3 is 0 Å². The summed E-state index contributed by atoms with van der Waals surface area (Å²) in [6.45, 7) is 2.77. The summed E-state index contributed by atoms with van der Waals surface area (Å²) in [5.74, 6) is 0.0541. The summed E-state index contributed by atoms with van der Waals surface area (Å²) in [4.78, 5) is 28.4. The number of hydrogen-bond donors (Lipinski definition) is 0. The van der Waals surface area contributed by atoms with Gasteiger partial charge in [0.1, 0.15) is 5.52 Å². The maximum Gasteiger partial charge on any atom is 0.254 e. The number of hydrogen-bond acceptors (Lipinski definition) is 6. The van der Waals surface area contributed by atoms with E-state index >= 15 is 0 Å². The lowest BCUT2D eigenvalue weighted by molar-refractivity contribution is 0.0748. The average Bonchev–Trinajstić information content (AvgIpc) is 3.54. The summed E-state index contributed by atoms with van der Waals surface area (Å²) < 4.78 is 1.08. The van der Waals surface area contributed by atoms with Gasteiger partial charge in [0.25, 0.3) is 5.91 Å². The SMILES string of the molecule is O=C(c1cc(-c2cccs2)nc2ccccc12)N1CCN(c2nc3c(Cl)cccc3s2)CC1. The average molecular weight is 491 g/mol. The van der Waals surface area contributed by atoms with Gasteiger partial charge < -0.3 is 9.80 Å². The lowest BCUT2D eigenvalue weighted by atomic mass is 10.1. The molecule has 4 heterocycles.